The van der Waals surface area contributed by atoms with Gasteiger partial charge in [-0.05, 0) is 60.9 Å². The Kier molecular flexibility index (Phi) is 7.11. The molecule has 1 rings (SSSR count). The van der Waals surface area contributed by atoms with Crippen LogP contribution in [0.1, 0.15) is 53.9 Å². The molecule has 126 valence electrons. The van der Waals surface area contributed by atoms with E-state index in [-0.39, 0.29) is 11.2 Å². The smallest absolute Gasteiger partial charge is 0.0724 e. The van der Waals surface area contributed by atoms with Crippen molar-refractivity contribution >= 4 is 0 Å². The number of hydrogen-bond donors (Lipinski definition) is 0. The second-order valence-electron chi connectivity index (χ2n) is 7.62. The van der Waals surface area contributed by atoms with Crippen molar-refractivity contribution in [2.45, 2.75) is 77.2 Å². The maximum absolute atomic E-state index is 6.29. The van der Waals surface area contributed by atoms with Gasteiger partial charge in [0.25, 0.3) is 0 Å². The molecule has 0 N–H and O–H groups in total. The van der Waals surface area contributed by atoms with Crippen LogP contribution in [0.2, 0.25) is 0 Å². The van der Waals surface area contributed by atoms with Crippen molar-refractivity contribution in [2.75, 3.05) is 33.9 Å². The van der Waals surface area contributed by atoms with Crippen LogP contribution in [0, 0.1) is 0 Å². The van der Waals surface area contributed by atoms with E-state index in [4.69, 9.17) is 14.2 Å². The summed E-state index contributed by atoms with van der Waals surface area (Å²) in [5, 5.41) is 0. The Morgan fingerprint density at radius 2 is 1.67 bits per heavy atom. The lowest BCUT2D eigenvalue weighted by atomic mass is 10.0. The van der Waals surface area contributed by atoms with Gasteiger partial charge in [0.05, 0.1) is 23.9 Å². The third-order valence-corrected chi connectivity index (χ3v) is 4.44. The lowest BCUT2D eigenvalue weighted by Crippen LogP contribution is -2.35. The van der Waals surface area contributed by atoms with Gasteiger partial charge in [0.1, 0.15) is 0 Å². The number of rotatable bonds is 9. The Balaban J connectivity index is 2.29. The summed E-state index contributed by atoms with van der Waals surface area (Å²) in [4.78, 5) is 2.37. The number of nitrogens with zero attached hydrogens (tertiary/aromatic N) is 1. The molecule has 1 aliphatic rings. The van der Waals surface area contributed by atoms with Crippen molar-refractivity contribution in [1.29, 1.82) is 0 Å². The molecule has 1 saturated heterocycles. The Morgan fingerprint density at radius 3 is 2.19 bits per heavy atom. The minimum absolute atomic E-state index is 0.131. The van der Waals surface area contributed by atoms with Crippen LogP contribution in [0.15, 0.2) is 0 Å². The standard InChI is InChI=1S/C17H35NO3/c1-14-12-15(13-18(14)6)21-17(4,5)9-11-20-16(2,3)8-10-19-7/h14-15H,8-13H2,1-7H3. The van der Waals surface area contributed by atoms with Crippen LogP contribution in [0.5, 0.6) is 0 Å². The molecule has 0 amide bonds. The van der Waals surface area contributed by atoms with Crippen LogP contribution in [-0.2, 0) is 14.2 Å². The first-order valence-corrected chi connectivity index (χ1v) is 8.16. The predicted molar refractivity (Wildman–Crippen MR) is 86.8 cm³/mol. The van der Waals surface area contributed by atoms with E-state index in [2.05, 4.69) is 46.6 Å². The van der Waals surface area contributed by atoms with Crippen LogP contribution < -0.4 is 0 Å². The molecule has 0 aromatic carbocycles. The second-order valence-corrected chi connectivity index (χ2v) is 7.62. The van der Waals surface area contributed by atoms with Crippen molar-refractivity contribution in [3.8, 4) is 0 Å². The summed E-state index contributed by atoms with van der Waals surface area (Å²) in [6.07, 6.45) is 3.30. The third kappa shape index (κ3) is 7.09. The van der Waals surface area contributed by atoms with E-state index in [9.17, 15) is 0 Å². The Labute approximate surface area is 131 Å². The van der Waals surface area contributed by atoms with Crippen LogP contribution >= 0.6 is 0 Å². The lowest BCUT2D eigenvalue weighted by Gasteiger charge is -2.31. The van der Waals surface area contributed by atoms with Gasteiger partial charge in [0, 0.05) is 26.3 Å². The van der Waals surface area contributed by atoms with Crippen LogP contribution in [0.25, 0.3) is 0 Å². The van der Waals surface area contributed by atoms with Crippen LogP contribution in [0.3, 0.4) is 0 Å². The Morgan fingerprint density at radius 1 is 1.05 bits per heavy atom. The lowest BCUT2D eigenvalue weighted by molar-refractivity contribution is -0.101. The zero-order valence-electron chi connectivity index (χ0n) is 15.1. The highest BCUT2D eigenvalue weighted by Crippen LogP contribution is 2.26. The van der Waals surface area contributed by atoms with Crippen molar-refractivity contribution in [1.82, 2.24) is 4.90 Å². The molecule has 21 heavy (non-hydrogen) atoms. The van der Waals surface area contributed by atoms with Crippen molar-refractivity contribution < 1.29 is 14.2 Å². The summed E-state index contributed by atoms with van der Waals surface area (Å²) in [6.45, 7) is 13.3. The van der Waals surface area contributed by atoms with E-state index < -0.39 is 0 Å². The molecule has 0 aliphatic carbocycles. The van der Waals surface area contributed by atoms with Gasteiger partial charge in [-0.1, -0.05) is 0 Å². The SMILES string of the molecule is COCCC(C)(C)OCCC(C)(C)OC1CC(C)N(C)C1. The fourth-order valence-electron chi connectivity index (χ4n) is 2.72. The van der Waals surface area contributed by atoms with Crippen LogP contribution in [-0.4, -0.2) is 62.2 Å². The molecule has 0 bridgehead atoms. The minimum atomic E-state index is -0.132. The van der Waals surface area contributed by atoms with Gasteiger partial charge in [-0.15, -0.1) is 0 Å². The fraction of sp³-hybridized carbons (Fsp3) is 1.00. The molecule has 2 unspecified atom stereocenters. The molecule has 1 fully saturated rings. The molecule has 4 nitrogen and oxygen atoms in total. The maximum atomic E-state index is 6.29. The third-order valence-electron chi connectivity index (χ3n) is 4.44. The van der Waals surface area contributed by atoms with Crippen LogP contribution in [0.4, 0.5) is 0 Å². The van der Waals surface area contributed by atoms with Crippen molar-refractivity contribution in [3.63, 3.8) is 0 Å². The zero-order chi connectivity index (χ0) is 16.1. The van der Waals surface area contributed by atoms with Gasteiger partial charge in [0.15, 0.2) is 0 Å². The highest BCUT2D eigenvalue weighted by atomic mass is 16.5. The zero-order valence-corrected chi connectivity index (χ0v) is 15.1. The van der Waals surface area contributed by atoms with Gasteiger partial charge >= 0.3 is 0 Å². The van der Waals surface area contributed by atoms with Gasteiger partial charge in [-0.3, -0.25) is 0 Å². The highest BCUT2D eigenvalue weighted by molar-refractivity contribution is 4.83. The Hall–Kier alpha value is -0.160. The normalized spacial score (nSPS) is 24.7. The highest BCUT2D eigenvalue weighted by Gasteiger charge is 2.32. The average Bonchev–Trinajstić information content (AvgIpc) is 2.64. The molecule has 1 heterocycles. The molecule has 0 radical (unpaired) electrons. The minimum Gasteiger partial charge on any atom is -0.385 e. The van der Waals surface area contributed by atoms with E-state index in [1.165, 1.54) is 0 Å². The average molecular weight is 301 g/mol. The van der Waals surface area contributed by atoms with E-state index in [1.54, 1.807) is 7.11 Å². The summed E-state index contributed by atoms with van der Waals surface area (Å²) in [7, 11) is 3.90. The monoisotopic (exact) mass is 301 g/mol. The summed E-state index contributed by atoms with van der Waals surface area (Å²) < 4.78 is 17.4. The molecule has 4 heteroatoms. The fourth-order valence-corrected chi connectivity index (χ4v) is 2.72. The summed E-state index contributed by atoms with van der Waals surface area (Å²) in [5.74, 6) is 0. The quantitative estimate of drug-likeness (QED) is 0.655. The Bertz CT molecular complexity index is 294. The molecular weight excluding hydrogens is 266 g/mol. The molecule has 0 aromatic rings. The van der Waals surface area contributed by atoms with Gasteiger partial charge < -0.3 is 19.1 Å². The van der Waals surface area contributed by atoms with Crippen molar-refractivity contribution in [2.24, 2.45) is 0 Å². The maximum Gasteiger partial charge on any atom is 0.0724 e. The topological polar surface area (TPSA) is 30.9 Å². The molecule has 0 aromatic heterocycles. The summed E-state index contributed by atoms with van der Waals surface area (Å²) >= 11 is 0. The molecule has 2 atom stereocenters. The number of ether oxygens (including phenoxy) is 3. The van der Waals surface area contributed by atoms with E-state index in [0.29, 0.717) is 12.1 Å². The van der Waals surface area contributed by atoms with Gasteiger partial charge in [-0.25, -0.2) is 0 Å². The summed E-state index contributed by atoms with van der Waals surface area (Å²) in [5.41, 5.74) is -0.263. The number of likely N-dealkylation sites (tertiary alicyclic amines) is 1. The van der Waals surface area contributed by atoms with Gasteiger partial charge in [-0.2, -0.15) is 0 Å². The van der Waals surface area contributed by atoms with E-state index in [0.717, 1.165) is 39.0 Å². The van der Waals surface area contributed by atoms with Gasteiger partial charge in [0.2, 0.25) is 0 Å². The first kappa shape index (κ1) is 18.9. The first-order chi connectivity index (χ1) is 9.65. The van der Waals surface area contributed by atoms with E-state index >= 15 is 0 Å². The van der Waals surface area contributed by atoms with Crippen molar-refractivity contribution in [3.05, 3.63) is 0 Å². The molecule has 1 aliphatic heterocycles. The number of likely N-dealkylation sites (N-methyl/N-ethyl adjacent to an activating group) is 1. The molecule has 0 spiro atoms. The largest absolute Gasteiger partial charge is 0.385 e. The molecular formula is C17H35NO3. The second kappa shape index (κ2) is 7.91. The summed E-state index contributed by atoms with van der Waals surface area (Å²) in [6, 6.07) is 0.620. The predicted octanol–water partition coefficient (Wildman–Crippen LogP) is 3.10. The van der Waals surface area contributed by atoms with E-state index in [1.807, 2.05) is 0 Å². The number of hydrogen-bond acceptors (Lipinski definition) is 4. The first-order valence-electron chi connectivity index (χ1n) is 8.16. The number of methoxy groups -OCH3 is 1. The molecule has 0 saturated carbocycles.